The molecule has 0 aromatic heterocycles. The summed E-state index contributed by atoms with van der Waals surface area (Å²) in [6.45, 7) is 3.82. The SMILES string of the molecule is C1CC2(CC[N-]1)NCCO2.FC(F)(F)c1c[c-]ccc1Br.[Os+2]. The molecule has 1 spiro atoms. The summed E-state index contributed by atoms with van der Waals surface area (Å²) in [5, 5.41) is 7.67. The second-order valence-electron chi connectivity index (χ2n) is 4.84. The maximum absolute atomic E-state index is 12.0. The summed E-state index contributed by atoms with van der Waals surface area (Å²) in [4.78, 5) is 0. The van der Waals surface area contributed by atoms with E-state index in [1.54, 1.807) is 0 Å². The van der Waals surface area contributed by atoms with Gasteiger partial charge in [-0.05, 0) is 18.4 Å². The smallest absolute Gasteiger partial charge is 0.662 e. The van der Waals surface area contributed by atoms with Crippen LogP contribution in [0.15, 0.2) is 22.7 Å². The molecule has 0 radical (unpaired) electrons. The molecule has 1 aromatic carbocycles. The van der Waals surface area contributed by atoms with Crippen LogP contribution in [-0.2, 0) is 30.7 Å². The standard InChI is InChI=1S/C7H3BrF3.C7H13N2O.Os/c8-6-4-2-1-3-5(6)7(9,10)11;1-3-8-4-2-7(1)9-5-6-10-7;/h2-4H;9H,1-6H2;/q2*-1;+2. The van der Waals surface area contributed by atoms with Crippen molar-refractivity contribution in [1.82, 2.24) is 5.32 Å². The van der Waals surface area contributed by atoms with E-state index in [1.807, 2.05) is 0 Å². The van der Waals surface area contributed by atoms with E-state index in [1.165, 1.54) is 12.1 Å². The number of benzene rings is 1. The molecule has 8 heteroatoms. The van der Waals surface area contributed by atoms with Gasteiger partial charge < -0.3 is 10.1 Å². The first-order chi connectivity index (χ1) is 9.93. The molecule has 0 bridgehead atoms. The minimum Gasteiger partial charge on any atom is -0.662 e. The Hall–Kier alpha value is 0.00636. The third kappa shape index (κ3) is 5.57. The van der Waals surface area contributed by atoms with E-state index in [0.717, 1.165) is 45.1 Å². The summed E-state index contributed by atoms with van der Waals surface area (Å²) in [6.07, 6.45) is -2.17. The van der Waals surface area contributed by atoms with Gasteiger partial charge in [0.25, 0.3) is 0 Å². The van der Waals surface area contributed by atoms with Gasteiger partial charge in [-0.1, -0.05) is 20.4 Å². The van der Waals surface area contributed by atoms with E-state index in [4.69, 9.17) is 4.74 Å². The van der Waals surface area contributed by atoms with Crippen molar-refractivity contribution in [1.29, 1.82) is 0 Å². The number of rotatable bonds is 0. The van der Waals surface area contributed by atoms with Crippen LogP contribution in [-0.4, -0.2) is 32.0 Å². The summed E-state index contributed by atoms with van der Waals surface area (Å²) in [5.74, 6) is 0. The van der Waals surface area contributed by atoms with Crippen LogP contribution >= 0.6 is 15.9 Å². The van der Waals surface area contributed by atoms with Crippen molar-refractivity contribution < 1.29 is 37.7 Å². The monoisotopic (exact) mass is 556 g/mol. The molecule has 0 unspecified atom stereocenters. The zero-order valence-electron chi connectivity index (χ0n) is 11.7. The Labute approximate surface area is 149 Å². The maximum atomic E-state index is 12.0. The predicted octanol–water partition coefficient (Wildman–Crippen LogP) is 3.74. The van der Waals surface area contributed by atoms with Crippen molar-refractivity contribution in [3.05, 3.63) is 39.6 Å². The Morgan fingerprint density at radius 3 is 2.45 bits per heavy atom. The van der Waals surface area contributed by atoms with Crippen LogP contribution < -0.4 is 5.32 Å². The molecule has 2 aliphatic rings. The van der Waals surface area contributed by atoms with Crippen LogP contribution in [0.4, 0.5) is 13.2 Å². The van der Waals surface area contributed by atoms with E-state index in [2.05, 4.69) is 32.6 Å². The van der Waals surface area contributed by atoms with Crippen molar-refractivity contribution in [2.45, 2.75) is 24.7 Å². The Morgan fingerprint density at radius 1 is 1.32 bits per heavy atom. The minimum atomic E-state index is -4.30. The fourth-order valence-corrected chi connectivity index (χ4v) is 2.75. The number of hydrogen-bond acceptors (Lipinski definition) is 2. The summed E-state index contributed by atoms with van der Waals surface area (Å²) < 4.78 is 41.7. The number of nitrogens with one attached hydrogen (secondary N) is 1. The molecule has 2 fully saturated rings. The molecule has 0 aliphatic carbocycles. The number of halogens is 4. The molecule has 0 saturated carbocycles. The number of hydrogen-bond donors (Lipinski definition) is 1. The summed E-state index contributed by atoms with van der Waals surface area (Å²) in [6, 6.07) is 5.99. The molecule has 2 heterocycles. The van der Waals surface area contributed by atoms with Crippen LogP contribution in [0.2, 0.25) is 0 Å². The molecular formula is C14H16BrF3N2OOs. The zero-order chi connectivity index (χ0) is 15.3. The van der Waals surface area contributed by atoms with Gasteiger partial charge in [-0.3, -0.25) is 5.32 Å². The molecule has 2 saturated heterocycles. The van der Waals surface area contributed by atoms with Crippen LogP contribution in [0.1, 0.15) is 18.4 Å². The van der Waals surface area contributed by atoms with Gasteiger partial charge in [0.15, 0.2) is 0 Å². The van der Waals surface area contributed by atoms with E-state index in [9.17, 15) is 13.2 Å². The summed E-state index contributed by atoms with van der Waals surface area (Å²) >= 11 is 2.79. The number of alkyl halides is 3. The molecule has 0 atom stereocenters. The summed E-state index contributed by atoms with van der Waals surface area (Å²) in [7, 11) is 0. The average Bonchev–Trinajstić information content (AvgIpc) is 2.88. The number of nitrogens with zero attached hydrogens (tertiary/aromatic N) is 1. The van der Waals surface area contributed by atoms with E-state index < -0.39 is 11.7 Å². The fraction of sp³-hybridized carbons (Fsp3) is 0.571. The van der Waals surface area contributed by atoms with Crippen molar-refractivity contribution in [3.63, 3.8) is 0 Å². The quantitative estimate of drug-likeness (QED) is 0.496. The molecule has 1 N–H and O–H groups in total. The first-order valence-electron chi connectivity index (χ1n) is 6.68. The normalized spacial score (nSPS) is 20.0. The second kappa shape index (κ2) is 8.75. The molecule has 3 nitrogen and oxygen atoms in total. The van der Waals surface area contributed by atoms with Crippen molar-refractivity contribution in [2.75, 3.05) is 26.2 Å². The van der Waals surface area contributed by atoms with Crippen LogP contribution in [0, 0.1) is 6.07 Å². The molecule has 1 aromatic rings. The van der Waals surface area contributed by atoms with Crippen molar-refractivity contribution >= 4 is 15.9 Å². The van der Waals surface area contributed by atoms with Crippen LogP contribution in [0.3, 0.4) is 0 Å². The van der Waals surface area contributed by atoms with E-state index in [-0.39, 0.29) is 30.0 Å². The van der Waals surface area contributed by atoms with Gasteiger partial charge in [-0.15, -0.1) is 13.1 Å². The Bertz CT molecular complexity index is 460. The van der Waals surface area contributed by atoms with Crippen molar-refractivity contribution in [3.8, 4) is 0 Å². The van der Waals surface area contributed by atoms with E-state index in [0.29, 0.717) is 0 Å². The van der Waals surface area contributed by atoms with Gasteiger partial charge in [0.1, 0.15) is 5.72 Å². The largest absolute Gasteiger partial charge is 2.00 e. The van der Waals surface area contributed by atoms with Gasteiger partial charge in [0.05, 0.1) is 6.61 Å². The third-order valence-electron chi connectivity index (χ3n) is 3.39. The number of ether oxygens (including phenoxy) is 1. The zero-order valence-corrected chi connectivity index (χ0v) is 15.8. The van der Waals surface area contributed by atoms with Crippen LogP contribution in [0.25, 0.3) is 5.32 Å². The molecule has 2 aliphatic heterocycles. The molecule has 22 heavy (non-hydrogen) atoms. The van der Waals surface area contributed by atoms with Gasteiger partial charge in [-0.2, -0.15) is 37.4 Å². The fourth-order valence-electron chi connectivity index (χ4n) is 2.28. The third-order valence-corrected chi connectivity index (χ3v) is 4.08. The summed E-state index contributed by atoms with van der Waals surface area (Å²) in [5.41, 5.74) is -0.665. The molecule has 3 rings (SSSR count). The first-order valence-corrected chi connectivity index (χ1v) is 7.47. The Balaban J connectivity index is 0.000000211. The second-order valence-corrected chi connectivity index (χ2v) is 5.70. The molecule has 0 amide bonds. The maximum Gasteiger partial charge on any atom is 2.00 e. The topological polar surface area (TPSA) is 35.4 Å². The molecule has 124 valence electrons. The minimum absolute atomic E-state index is 0. The molecular weight excluding hydrogens is 539 g/mol. The van der Waals surface area contributed by atoms with E-state index >= 15 is 0 Å². The van der Waals surface area contributed by atoms with Crippen LogP contribution in [0.5, 0.6) is 0 Å². The predicted molar refractivity (Wildman–Crippen MR) is 77.0 cm³/mol. The first kappa shape index (κ1) is 20.1. The van der Waals surface area contributed by atoms with Crippen molar-refractivity contribution in [2.24, 2.45) is 0 Å². The van der Waals surface area contributed by atoms with Gasteiger partial charge in [0.2, 0.25) is 0 Å². The number of piperidine rings is 1. The Kier molecular flexibility index (Phi) is 7.97. The Morgan fingerprint density at radius 2 is 2.00 bits per heavy atom. The average molecular weight is 555 g/mol. The van der Waals surface area contributed by atoms with Gasteiger partial charge in [-0.25, -0.2) is 0 Å². The van der Waals surface area contributed by atoms with Gasteiger partial charge >= 0.3 is 26.0 Å². The van der Waals surface area contributed by atoms with Gasteiger partial charge in [0, 0.05) is 6.54 Å².